The van der Waals surface area contributed by atoms with E-state index in [0.29, 0.717) is 16.1 Å². The van der Waals surface area contributed by atoms with Crippen LogP contribution in [0.15, 0.2) is 40.4 Å². The summed E-state index contributed by atoms with van der Waals surface area (Å²) >= 11 is 7.17. The molecule has 2 rings (SSSR count). The maximum absolute atomic E-state index is 11.0. The molecule has 16 heavy (non-hydrogen) atoms. The number of aromatic amines is 1. The molecule has 0 bridgehead atoms. The van der Waals surface area contributed by atoms with Gasteiger partial charge in [-0.25, -0.2) is 9.97 Å². The number of aromatic nitrogens is 3. The Labute approximate surface area is 101 Å². The van der Waals surface area contributed by atoms with E-state index in [1.54, 1.807) is 6.07 Å². The molecule has 6 heteroatoms. The first kappa shape index (κ1) is 11.2. The van der Waals surface area contributed by atoms with E-state index in [1.807, 2.05) is 12.1 Å². The van der Waals surface area contributed by atoms with E-state index in [0.717, 1.165) is 5.69 Å². The molecule has 1 N–H and O–H groups in total. The SMILES string of the molecule is O=c1ccnc(SCc2cccc(Cl)n2)[nH]1. The summed E-state index contributed by atoms with van der Waals surface area (Å²) in [5.74, 6) is 0.619. The van der Waals surface area contributed by atoms with Crippen molar-refractivity contribution in [2.24, 2.45) is 0 Å². The first-order valence-electron chi connectivity index (χ1n) is 4.53. The van der Waals surface area contributed by atoms with E-state index in [2.05, 4.69) is 15.0 Å². The molecule has 2 aromatic rings. The zero-order valence-electron chi connectivity index (χ0n) is 8.18. The molecule has 0 aromatic carbocycles. The molecular weight excluding hydrogens is 246 g/mol. The average Bonchev–Trinajstić information content (AvgIpc) is 2.27. The fourth-order valence-corrected chi connectivity index (χ4v) is 2.03. The number of H-pyrrole nitrogens is 1. The van der Waals surface area contributed by atoms with Crippen molar-refractivity contribution in [3.8, 4) is 0 Å². The molecule has 0 aliphatic carbocycles. The number of hydrogen-bond acceptors (Lipinski definition) is 4. The van der Waals surface area contributed by atoms with Gasteiger partial charge in [-0.2, -0.15) is 0 Å². The van der Waals surface area contributed by atoms with Gasteiger partial charge in [-0.05, 0) is 12.1 Å². The highest BCUT2D eigenvalue weighted by molar-refractivity contribution is 7.98. The van der Waals surface area contributed by atoms with E-state index in [9.17, 15) is 4.79 Å². The molecule has 0 radical (unpaired) electrons. The Morgan fingerprint density at radius 1 is 1.38 bits per heavy atom. The highest BCUT2D eigenvalue weighted by atomic mass is 35.5. The second-order valence-electron chi connectivity index (χ2n) is 2.98. The van der Waals surface area contributed by atoms with Gasteiger partial charge >= 0.3 is 0 Å². The average molecular weight is 254 g/mol. The number of thioether (sulfide) groups is 1. The van der Waals surface area contributed by atoms with Crippen LogP contribution >= 0.6 is 23.4 Å². The van der Waals surface area contributed by atoms with Crippen LogP contribution < -0.4 is 5.56 Å². The summed E-state index contributed by atoms with van der Waals surface area (Å²) in [4.78, 5) is 21.8. The van der Waals surface area contributed by atoms with Crippen molar-refractivity contribution in [3.63, 3.8) is 0 Å². The lowest BCUT2D eigenvalue weighted by atomic mass is 10.4. The summed E-state index contributed by atoms with van der Waals surface area (Å²) in [6.07, 6.45) is 1.48. The van der Waals surface area contributed by atoms with Gasteiger partial charge < -0.3 is 4.98 Å². The van der Waals surface area contributed by atoms with Gasteiger partial charge in [0.1, 0.15) is 5.15 Å². The smallest absolute Gasteiger partial charge is 0.251 e. The first-order chi connectivity index (χ1) is 7.74. The van der Waals surface area contributed by atoms with Crippen molar-refractivity contribution in [1.29, 1.82) is 0 Å². The minimum absolute atomic E-state index is 0.156. The zero-order chi connectivity index (χ0) is 11.4. The summed E-state index contributed by atoms with van der Waals surface area (Å²) in [5.41, 5.74) is 0.695. The maximum atomic E-state index is 11.0. The monoisotopic (exact) mass is 253 g/mol. The second kappa shape index (κ2) is 5.14. The lowest BCUT2D eigenvalue weighted by molar-refractivity contribution is 0.935. The number of pyridine rings is 1. The van der Waals surface area contributed by atoms with Crippen LogP contribution in [0.25, 0.3) is 0 Å². The fraction of sp³-hybridized carbons (Fsp3) is 0.100. The topological polar surface area (TPSA) is 58.6 Å². The molecule has 0 saturated heterocycles. The van der Waals surface area contributed by atoms with Crippen molar-refractivity contribution in [2.75, 3.05) is 0 Å². The van der Waals surface area contributed by atoms with E-state index >= 15 is 0 Å². The normalized spacial score (nSPS) is 10.3. The van der Waals surface area contributed by atoms with E-state index in [-0.39, 0.29) is 5.56 Å². The fourth-order valence-electron chi connectivity index (χ4n) is 1.10. The second-order valence-corrected chi connectivity index (χ2v) is 4.33. The Morgan fingerprint density at radius 2 is 2.25 bits per heavy atom. The standard InChI is InChI=1S/C10H8ClN3OS/c11-8-3-1-2-7(13-8)6-16-10-12-5-4-9(15)14-10/h1-5H,6H2,(H,12,14,15). The van der Waals surface area contributed by atoms with Gasteiger partial charge in [-0.1, -0.05) is 29.4 Å². The molecular formula is C10H8ClN3OS. The molecule has 4 nitrogen and oxygen atoms in total. The Kier molecular flexibility index (Phi) is 3.58. The minimum Gasteiger partial charge on any atom is -0.301 e. The van der Waals surface area contributed by atoms with E-state index in [1.165, 1.54) is 24.0 Å². The minimum atomic E-state index is -0.156. The summed E-state index contributed by atoms with van der Waals surface area (Å²) in [7, 11) is 0. The molecule has 0 aliphatic heterocycles. The largest absolute Gasteiger partial charge is 0.301 e. The van der Waals surface area contributed by atoms with Crippen molar-refractivity contribution >= 4 is 23.4 Å². The van der Waals surface area contributed by atoms with Crippen molar-refractivity contribution in [3.05, 3.63) is 51.7 Å². The number of hydrogen-bond donors (Lipinski definition) is 1. The predicted octanol–water partition coefficient (Wildman–Crippen LogP) is 2.11. The van der Waals surface area contributed by atoms with E-state index in [4.69, 9.17) is 11.6 Å². The molecule has 0 spiro atoms. The first-order valence-corrected chi connectivity index (χ1v) is 5.90. The van der Waals surface area contributed by atoms with Gasteiger partial charge in [0, 0.05) is 18.0 Å². The van der Waals surface area contributed by atoms with Crippen molar-refractivity contribution in [2.45, 2.75) is 10.9 Å². The van der Waals surface area contributed by atoms with Gasteiger partial charge in [-0.15, -0.1) is 0 Å². The third-order valence-electron chi connectivity index (χ3n) is 1.78. The third-order valence-corrected chi connectivity index (χ3v) is 2.91. The van der Waals surface area contributed by atoms with Crippen molar-refractivity contribution in [1.82, 2.24) is 15.0 Å². The van der Waals surface area contributed by atoms with Crippen LogP contribution in [0.5, 0.6) is 0 Å². The summed E-state index contributed by atoms with van der Waals surface area (Å²) in [6.45, 7) is 0. The Morgan fingerprint density at radius 3 is 3.00 bits per heavy atom. The molecule has 2 heterocycles. The van der Waals surface area contributed by atoms with Crippen LogP contribution in [0.4, 0.5) is 0 Å². The Bertz CT molecular complexity index is 543. The van der Waals surface area contributed by atoms with E-state index < -0.39 is 0 Å². The van der Waals surface area contributed by atoms with Gasteiger partial charge in [0.25, 0.3) is 5.56 Å². The van der Waals surface area contributed by atoms with Crippen molar-refractivity contribution < 1.29 is 0 Å². The van der Waals surface area contributed by atoms with Gasteiger partial charge in [0.2, 0.25) is 0 Å². The van der Waals surface area contributed by atoms with Crippen LogP contribution in [0, 0.1) is 0 Å². The summed E-state index contributed by atoms with van der Waals surface area (Å²) in [5, 5.41) is 1.04. The Balaban J connectivity index is 2.05. The molecule has 82 valence electrons. The highest BCUT2D eigenvalue weighted by Gasteiger charge is 2.00. The molecule has 0 fully saturated rings. The third kappa shape index (κ3) is 3.08. The lowest BCUT2D eigenvalue weighted by Gasteiger charge is -2.00. The molecule has 0 saturated carbocycles. The number of halogens is 1. The molecule has 0 atom stereocenters. The quantitative estimate of drug-likeness (QED) is 0.517. The molecule has 0 amide bonds. The van der Waals surface area contributed by atoms with Crippen LogP contribution in [0.3, 0.4) is 0 Å². The summed E-state index contributed by atoms with van der Waals surface area (Å²) < 4.78 is 0. The number of nitrogens with one attached hydrogen (secondary N) is 1. The van der Waals surface area contributed by atoms with Crippen LogP contribution in [-0.2, 0) is 5.75 Å². The van der Waals surface area contributed by atoms with Crippen LogP contribution in [-0.4, -0.2) is 15.0 Å². The predicted molar refractivity (Wildman–Crippen MR) is 63.7 cm³/mol. The molecule has 0 aliphatic rings. The number of rotatable bonds is 3. The van der Waals surface area contributed by atoms with Gasteiger partial charge in [-0.3, -0.25) is 4.79 Å². The lowest BCUT2D eigenvalue weighted by Crippen LogP contribution is -2.05. The Hall–Kier alpha value is -1.33. The zero-order valence-corrected chi connectivity index (χ0v) is 9.76. The highest BCUT2D eigenvalue weighted by Crippen LogP contribution is 2.17. The molecule has 0 unspecified atom stereocenters. The van der Waals surface area contributed by atoms with Crippen LogP contribution in [0.2, 0.25) is 5.15 Å². The molecule has 2 aromatic heterocycles. The van der Waals surface area contributed by atoms with Gasteiger partial charge in [0.05, 0.1) is 5.69 Å². The number of nitrogens with zero attached hydrogens (tertiary/aromatic N) is 2. The van der Waals surface area contributed by atoms with Crippen LogP contribution in [0.1, 0.15) is 5.69 Å². The maximum Gasteiger partial charge on any atom is 0.251 e. The summed E-state index contributed by atoms with van der Waals surface area (Å²) in [6, 6.07) is 6.81. The van der Waals surface area contributed by atoms with Gasteiger partial charge in [0.15, 0.2) is 5.16 Å².